The van der Waals surface area contributed by atoms with E-state index in [4.69, 9.17) is 0 Å². The highest BCUT2D eigenvalue weighted by atomic mass is 16.6. The van der Waals surface area contributed by atoms with E-state index in [0.29, 0.717) is 5.92 Å². The number of non-ortho nitro benzene ring substituents is 1. The molecule has 0 N–H and O–H groups in total. The predicted molar refractivity (Wildman–Crippen MR) is 110 cm³/mol. The molecular weight excluding hydrogens is 338 g/mol. The van der Waals surface area contributed by atoms with Gasteiger partial charge in [-0.05, 0) is 49.6 Å². The summed E-state index contributed by atoms with van der Waals surface area (Å²) in [7, 11) is 0. The first-order valence-electron chi connectivity index (χ1n) is 8.94. The van der Waals surface area contributed by atoms with Crippen molar-refractivity contribution >= 4 is 17.6 Å². The summed E-state index contributed by atoms with van der Waals surface area (Å²) in [4.78, 5) is 15.3. The van der Waals surface area contributed by atoms with Gasteiger partial charge in [0, 0.05) is 35.3 Å². The summed E-state index contributed by atoms with van der Waals surface area (Å²) in [6, 6.07) is 17.0. The molecule has 0 aliphatic rings. The van der Waals surface area contributed by atoms with Crippen molar-refractivity contribution < 1.29 is 4.92 Å². The molecule has 0 atom stereocenters. The van der Waals surface area contributed by atoms with Crippen LogP contribution in [0, 0.1) is 24.0 Å². The SMILES string of the molecule is Cc1cc(C=Nc2ccc(C(C)C)cc2)c(C)n1-c1cccc([N+](=O)[O-])c1. The minimum absolute atomic E-state index is 0.0838. The zero-order valence-electron chi connectivity index (χ0n) is 16.0. The van der Waals surface area contributed by atoms with Crippen LogP contribution in [-0.4, -0.2) is 15.7 Å². The fourth-order valence-corrected chi connectivity index (χ4v) is 3.15. The van der Waals surface area contributed by atoms with Gasteiger partial charge in [-0.1, -0.05) is 32.0 Å². The van der Waals surface area contributed by atoms with E-state index >= 15 is 0 Å². The van der Waals surface area contributed by atoms with Crippen molar-refractivity contribution in [3.63, 3.8) is 0 Å². The molecule has 2 aromatic carbocycles. The van der Waals surface area contributed by atoms with E-state index in [1.54, 1.807) is 12.1 Å². The van der Waals surface area contributed by atoms with Crippen LogP contribution in [0.3, 0.4) is 0 Å². The number of rotatable bonds is 5. The van der Waals surface area contributed by atoms with E-state index in [9.17, 15) is 10.1 Å². The van der Waals surface area contributed by atoms with Gasteiger partial charge in [0.05, 0.1) is 16.3 Å². The summed E-state index contributed by atoms with van der Waals surface area (Å²) in [6.07, 6.45) is 1.85. The molecule has 27 heavy (non-hydrogen) atoms. The number of nitrogens with zero attached hydrogens (tertiary/aromatic N) is 3. The number of nitro benzene ring substituents is 1. The number of hydrogen-bond acceptors (Lipinski definition) is 3. The van der Waals surface area contributed by atoms with Crippen LogP contribution in [0.5, 0.6) is 0 Å². The van der Waals surface area contributed by atoms with Gasteiger partial charge in [-0.3, -0.25) is 15.1 Å². The molecule has 0 unspecified atom stereocenters. The molecule has 1 aromatic heterocycles. The Morgan fingerprint density at radius 1 is 1.07 bits per heavy atom. The van der Waals surface area contributed by atoms with E-state index < -0.39 is 0 Å². The molecule has 0 saturated heterocycles. The predicted octanol–water partition coefficient (Wildman–Crippen LogP) is 5.88. The van der Waals surface area contributed by atoms with Gasteiger partial charge < -0.3 is 4.57 Å². The summed E-state index contributed by atoms with van der Waals surface area (Å²) < 4.78 is 2.01. The van der Waals surface area contributed by atoms with Gasteiger partial charge >= 0.3 is 0 Å². The first kappa shape index (κ1) is 18.6. The fourth-order valence-electron chi connectivity index (χ4n) is 3.15. The summed E-state index contributed by atoms with van der Waals surface area (Å²) in [5.74, 6) is 0.497. The van der Waals surface area contributed by atoms with Crippen LogP contribution in [0.15, 0.2) is 59.6 Å². The molecular formula is C22H23N3O2. The molecule has 5 heteroatoms. The Bertz CT molecular complexity index is 999. The lowest BCUT2D eigenvalue weighted by atomic mass is 10.0. The molecule has 0 fully saturated rings. The fraction of sp³-hybridized carbons (Fsp3) is 0.227. The maximum atomic E-state index is 11.1. The molecule has 3 rings (SSSR count). The standard InChI is InChI=1S/C22H23N3O2/c1-15(2)18-8-10-20(11-9-18)23-14-19-12-16(3)24(17(19)4)21-6-5-7-22(13-21)25(26)27/h5-15H,1-4H3. The van der Waals surface area contributed by atoms with Gasteiger partial charge in [0.15, 0.2) is 0 Å². The van der Waals surface area contributed by atoms with Gasteiger partial charge in [0.1, 0.15) is 0 Å². The monoisotopic (exact) mass is 361 g/mol. The van der Waals surface area contributed by atoms with Crippen molar-refractivity contribution in [1.82, 2.24) is 4.57 Å². The lowest BCUT2D eigenvalue weighted by Gasteiger charge is -2.09. The Labute approximate surface area is 159 Å². The highest BCUT2D eigenvalue weighted by Crippen LogP contribution is 2.24. The second-order valence-electron chi connectivity index (χ2n) is 6.94. The average Bonchev–Trinajstić information content (AvgIpc) is 2.94. The van der Waals surface area contributed by atoms with Gasteiger partial charge in [0.25, 0.3) is 5.69 Å². The Morgan fingerprint density at radius 3 is 2.41 bits per heavy atom. The topological polar surface area (TPSA) is 60.4 Å². The third-order valence-corrected chi connectivity index (χ3v) is 4.68. The van der Waals surface area contributed by atoms with Crippen LogP contribution in [0.2, 0.25) is 0 Å². The largest absolute Gasteiger partial charge is 0.318 e. The van der Waals surface area contributed by atoms with Crippen molar-refractivity contribution in [3.8, 4) is 5.69 Å². The van der Waals surface area contributed by atoms with E-state index in [0.717, 1.165) is 28.3 Å². The maximum Gasteiger partial charge on any atom is 0.271 e. The van der Waals surface area contributed by atoms with Crippen LogP contribution >= 0.6 is 0 Å². The van der Waals surface area contributed by atoms with Crippen LogP contribution in [0.1, 0.15) is 42.3 Å². The van der Waals surface area contributed by atoms with E-state index in [1.807, 2.05) is 48.9 Å². The summed E-state index contributed by atoms with van der Waals surface area (Å²) in [5.41, 5.74) is 6.05. The van der Waals surface area contributed by atoms with Gasteiger partial charge in [-0.15, -0.1) is 0 Å². The molecule has 0 radical (unpaired) electrons. The highest BCUT2D eigenvalue weighted by Gasteiger charge is 2.12. The second-order valence-corrected chi connectivity index (χ2v) is 6.94. The number of aromatic nitrogens is 1. The number of aliphatic imine (C=N–C) groups is 1. The van der Waals surface area contributed by atoms with Crippen molar-refractivity contribution in [3.05, 3.63) is 87.2 Å². The first-order chi connectivity index (χ1) is 12.9. The lowest BCUT2D eigenvalue weighted by molar-refractivity contribution is -0.384. The van der Waals surface area contributed by atoms with Crippen LogP contribution < -0.4 is 0 Å². The molecule has 1 heterocycles. The first-order valence-corrected chi connectivity index (χ1v) is 8.94. The van der Waals surface area contributed by atoms with Crippen LogP contribution in [0.25, 0.3) is 5.69 Å². The highest BCUT2D eigenvalue weighted by molar-refractivity contribution is 5.84. The molecule has 0 saturated carbocycles. The van der Waals surface area contributed by atoms with Gasteiger partial charge in [-0.2, -0.15) is 0 Å². The summed E-state index contributed by atoms with van der Waals surface area (Å²) in [6.45, 7) is 8.32. The summed E-state index contributed by atoms with van der Waals surface area (Å²) in [5, 5.41) is 11.1. The molecule has 138 valence electrons. The Morgan fingerprint density at radius 2 is 1.78 bits per heavy atom. The third kappa shape index (κ3) is 3.97. The molecule has 0 spiro atoms. The molecule has 0 amide bonds. The Kier molecular flexibility index (Phi) is 5.21. The van der Waals surface area contributed by atoms with E-state index in [-0.39, 0.29) is 10.6 Å². The number of aryl methyl sites for hydroxylation is 1. The summed E-state index contributed by atoms with van der Waals surface area (Å²) >= 11 is 0. The number of hydrogen-bond donors (Lipinski definition) is 0. The minimum atomic E-state index is -0.374. The molecule has 0 aliphatic carbocycles. The second kappa shape index (κ2) is 7.58. The molecule has 3 aromatic rings. The van der Waals surface area contributed by atoms with Crippen molar-refractivity contribution in [2.24, 2.45) is 4.99 Å². The Balaban J connectivity index is 1.92. The number of nitro groups is 1. The maximum absolute atomic E-state index is 11.1. The van der Waals surface area contributed by atoms with Gasteiger partial charge in [-0.25, -0.2) is 0 Å². The quantitative estimate of drug-likeness (QED) is 0.324. The molecule has 5 nitrogen and oxygen atoms in total. The lowest BCUT2D eigenvalue weighted by Crippen LogP contribution is -2.00. The van der Waals surface area contributed by atoms with Crippen molar-refractivity contribution in [2.75, 3.05) is 0 Å². The zero-order valence-corrected chi connectivity index (χ0v) is 16.0. The third-order valence-electron chi connectivity index (χ3n) is 4.68. The normalized spacial score (nSPS) is 11.4. The minimum Gasteiger partial charge on any atom is -0.318 e. The van der Waals surface area contributed by atoms with Crippen molar-refractivity contribution in [2.45, 2.75) is 33.6 Å². The Hall–Kier alpha value is -3.21. The smallest absolute Gasteiger partial charge is 0.271 e. The van der Waals surface area contributed by atoms with Crippen LogP contribution in [-0.2, 0) is 0 Å². The van der Waals surface area contributed by atoms with E-state index in [2.05, 4.69) is 31.0 Å². The number of benzene rings is 2. The molecule has 0 bridgehead atoms. The average molecular weight is 361 g/mol. The zero-order chi connectivity index (χ0) is 19.6. The molecule has 0 aliphatic heterocycles. The van der Waals surface area contributed by atoms with Gasteiger partial charge in [0.2, 0.25) is 0 Å². The van der Waals surface area contributed by atoms with Crippen molar-refractivity contribution in [1.29, 1.82) is 0 Å². The van der Waals surface area contributed by atoms with Crippen LogP contribution in [0.4, 0.5) is 11.4 Å². The van der Waals surface area contributed by atoms with E-state index in [1.165, 1.54) is 11.6 Å².